The van der Waals surface area contributed by atoms with Gasteiger partial charge in [0.05, 0.1) is 32.1 Å². The minimum atomic E-state index is -4.10. The van der Waals surface area contributed by atoms with E-state index in [1.165, 1.54) is 0 Å². The zero-order chi connectivity index (χ0) is 28.7. The molecule has 2 N–H and O–H groups in total. The standard InChI is InChI=1S/C26H25BrN2O6S5/c1-17-24-26(38-25(17)27)37-23(29(24)12-6-14-40(33,34)35)16-22-28(11-5-13-39(30,31)32)20-15-19(9-10-21(20)36-22)18-7-3-2-4-8-18/h2-4,7-10,15-16H,5-6,11-14H2,1H3,(H-,30,31,32,33,34,35)/p+1. The van der Waals surface area contributed by atoms with Gasteiger partial charge in [-0.3, -0.25) is 9.11 Å². The van der Waals surface area contributed by atoms with Crippen LogP contribution in [0.25, 0.3) is 26.7 Å². The molecule has 2 aromatic heterocycles. The van der Waals surface area contributed by atoms with Crippen LogP contribution in [0, 0.1) is 6.92 Å². The second kappa shape index (κ2) is 11.8. The van der Waals surface area contributed by atoms with Gasteiger partial charge in [0.25, 0.3) is 25.2 Å². The van der Waals surface area contributed by atoms with E-state index in [1.807, 2.05) is 37.3 Å². The molecule has 3 heterocycles. The van der Waals surface area contributed by atoms with Gasteiger partial charge in [-0.1, -0.05) is 59.5 Å². The number of hydrogen-bond acceptors (Lipinski definition) is 8. The van der Waals surface area contributed by atoms with Crippen LogP contribution >= 0.6 is 50.4 Å². The van der Waals surface area contributed by atoms with Crippen molar-refractivity contribution in [3.05, 3.63) is 67.9 Å². The fourth-order valence-corrected chi connectivity index (χ4v) is 10.2. The van der Waals surface area contributed by atoms with Crippen molar-refractivity contribution in [2.75, 3.05) is 23.0 Å². The third kappa shape index (κ3) is 6.81. The van der Waals surface area contributed by atoms with Gasteiger partial charge in [0, 0.05) is 23.4 Å². The molecule has 0 saturated carbocycles. The first-order valence-electron chi connectivity index (χ1n) is 12.3. The first-order chi connectivity index (χ1) is 18.9. The smallest absolute Gasteiger partial charge is 0.266 e. The van der Waals surface area contributed by atoms with Crippen molar-refractivity contribution < 1.29 is 30.5 Å². The number of thiazole rings is 1. The van der Waals surface area contributed by atoms with Gasteiger partial charge < -0.3 is 4.90 Å². The highest BCUT2D eigenvalue weighted by Crippen LogP contribution is 2.48. The summed E-state index contributed by atoms with van der Waals surface area (Å²) in [5, 5.41) is 1.83. The second-order valence-electron chi connectivity index (χ2n) is 9.29. The minimum Gasteiger partial charge on any atom is -0.335 e. The molecular weight excluding hydrogens is 677 g/mol. The maximum Gasteiger partial charge on any atom is 0.266 e. The van der Waals surface area contributed by atoms with Crippen LogP contribution < -0.4 is 9.47 Å². The monoisotopic (exact) mass is 701 g/mol. The molecule has 0 amide bonds. The largest absolute Gasteiger partial charge is 0.335 e. The molecule has 0 radical (unpaired) electrons. The molecule has 2 aromatic carbocycles. The van der Waals surface area contributed by atoms with E-state index in [0.717, 1.165) is 50.6 Å². The fourth-order valence-electron chi connectivity index (χ4n) is 4.59. The molecule has 0 aliphatic carbocycles. The summed E-state index contributed by atoms with van der Waals surface area (Å²) in [6, 6.07) is 16.2. The van der Waals surface area contributed by atoms with Crippen LogP contribution in [0.5, 0.6) is 0 Å². The zero-order valence-electron chi connectivity index (χ0n) is 21.3. The van der Waals surface area contributed by atoms with Crippen LogP contribution in [0.15, 0.2) is 62.2 Å². The van der Waals surface area contributed by atoms with Crippen LogP contribution in [0.3, 0.4) is 0 Å². The SMILES string of the molecule is Cc1c(Br)sc2sc(C=C3Sc4ccc(-c5ccccc5)cc4N3CCCS(=O)(=O)O)[n+](CCCS(=O)(=O)O)c12. The van der Waals surface area contributed by atoms with E-state index in [9.17, 15) is 25.9 Å². The van der Waals surface area contributed by atoms with Gasteiger partial charge in [-0.05, 0) is 52.5 Å². The summed E-state index contributed by atoms with van der Waals surface area (Å²) in [5.74, 6) is -0.672. The van der Waals surface area contributed by atoms with Crippen molar-refractivity contribution in [1.29, 1.82) is 0 Å². The predicted octanol–water partition coefficient (Wildman–Crippen LogP) is 6.45. The first kappa shape index (κ1) is 29.7. The molecular formula is C26H26BrN2O6S5+. The number of halogens is 1. The molecule has 0 bridgehead atoms. The first-order valence-corrected chi connectivity index (χ1v) is 18.7. The summed E-state index contributed by atoms with van der Waals surface area (Å²) in [6.07, 6.45) is 2.55. The molecule has 0 spiro atoms. The van der Waals surface area contributed by atoms with E-state index in [0.29, 0.717) is 13.1 Å². The number of thioether (sulfide) groups is 1. The summed E-state index contributed by atoms with van der Waals surface area (Å²) in [4.78, 5) is 3.12. The maximum absolute atomic E-state index is 11.5. The van der Waals surface area contributed by atoms with Crippen molar-refractivity contribution in [2.24, 2.45) is 0 Å². The lowest BCUT2D eigenvalue weighted by molar-refractivity contribution is -0.668. The second-order valence-corrected chi connectivity index (χ2v) is 17.1. The molecule has 40 heavy (non-hydrogen) atoms. The number of aryl methyl sites for hydroxylation is 2. The molecule has 1 aliphatic heterocycles. The summed E-state index contributed by atoms with van der Waals surface area (Å²) in [7, 11) is -8.18. The van der Waals surface area contributed by atoms with Gasteiger partial charge in [-0.15, -0.1) is 11.3 Å². The molecule has 14 heteroatoms. The zero-order valence-corrected chi connectivity index (χ0v) is 26.9. The predicted molar refractivity (Wildman–Crippen MR) is 167 cm³/mol. The molecule has 5 rings (SSSR count). The average Bonchev–Trinajstić information content (AvgIpc) is 3.48. The van der Waals surface area contributed by atoms with E-state index in [2.05, 4.69) is 49.7 Å². The van der Waals surface area contributed by atoms with Crippen molar-refractivity contribution in [2.45, 2.75) is 31.2 Å². The number of fused-ring (bicyclic) bond motifs is 2. The van der Waals surface area contributed by atoms with Gasteiger partial charge in [0.1, 0.15) is 0 Å². The highest BCUT2D eigenvalue weighted by atomic mass is 79.9. The Bertz CT molecular complexity index is 1810. The number of anilines is 1. The topological polar surface area (TPSA) is 116 Å². The Balaban J connectivity index is 1.55. The molecule has 0 unspecified atom stereocenters. The van der Waals surface area contributed by atoms with Crippen molar-refractivity contribution in [3.8, 4) is 11.1 Å². The minimum absolute atomic E-state index is 0.242. The Morgan fingerprint density at radius 1 is 0.950 bits per heavy atom. The Hall–Kier alpha value is -1.78. The van der Waals surface area contributed by atoms with E-state index in [4.69, 9.17) is 0 Å². The van der Waals surface area contributed by atoms with Gasteiger partial charge in [0.2, 0.25) is 5.52 Å². The third-order valence-electron chi connectivity index (χ3n) is 6.41. The summed E-state index contributed by atoms with van der Waals surface area (Å²) in [5.41, 5.74) is 5.16. The normalized spacial score (nSPS) is 14.9. The van der Waals surface area contributed by atoms with Gasteiger partial charge in [0.15, 0.2) is 10.6 Å². The number of nitrogens with zero attached hydrogens (tertiary/aromatic N) is 2. The third-order valence-corrected chi connectivity index (χ3v) is 12.5. The number of hydrogen-bond donors (Lipinski definition) is 2. The summed E-state index contributed by atoms with van der Waals surface area (Å²) < 4.78 is 68.5. The van der Waals surface area contributed by atoms with Crippen molar-refractivity contribution >= 4 is 91.9 Å². The lowest BCUT2D eigenvalue weighted by Crippen LogP contribution is -2.36. The Labute approximate surface area is 254 Å². The van der Waals surface area contributed by atoms with Crippen molar-refractivity contribution in [1.82, 2.24) is 0 Å². The Morgan fingerprint density at radius 3 is 2.35 bits per heavy atom. The van der Waals surface area contributed by atoms with E-state index < -0.39 is 20.2 Å². The van der Waals surface area contributed by atoms with E-state index >= 15 is 0 Å². The van der Waals surface area contributed by atoms with Crippen molar-refractivity contribution in [3.63, 3.8) is 0 Å². The van der Waals surface area contributed by atoms with Crippen LogP contribution in [-0.2, 0) is 26.8 Å². The van der Waals surface area contributed by atoms with Gasteiger partial charge in [-0.25, -0.2) is 0 Å². The van der Waals surface area contributed by atoms with Crippen LogP contribution in [0.1, 0.15) is 23.4 Å². The molecule has 8 nitrogen and oxygen atoms in total. The lowest BCUT2D eigenvalue weighted by Gasteiger charge is -2.20. The molecule has 212 valence electrons. The van der Waals surface area contributed by atoms with E-state index in [1.54, 1.807) is 34.4 Å². The molecule has 1 aliphatic rings. The highest BCUT2D eigenvalue weighted by molar-refractivity contribution is 9.11. The summed E-state index contributed by atoms with van der Waals surface area (Å²) >= 11 is 8.41. The summed E-state index contributed by atoms with van der Waals surface area (Å²) in [6.45, 7) is 2.80. The Kier molecular flexibility index (Phi) is 8.79. The van der Waals surface area contributed by atoms with Crippen LogP contribution in [0.4, 0.5) is 5.69 Å². The average molecular weight is 703 g/mol. The fraction of sp³-hybridized carbons (Fsp3) is 0.269. The quantitative estimate of drug-likeness (QED) is 0.143. The van der Waals surface area contributed by atoms with Crippen LogP contribution in [-0.4, -0.2) is 44.0 Å². The van der Waals surface area contributed by atoms with Crippen LogP contribution in [0.2, 0.25) is 0 Å². The number of thiophene rings is 1. The molecule has 0 saturated heterocycles. The highest BCUT2D eigenvalue weighted by Gasteiger charge is 2.30. The number of benzene rings is 2. The maximum atomic E-state index is 11.5. The van der Waals surface area contributed by atoms with E-state index in [-0.39, 0.29) is 24.3 Å². The molecule has 0 atom stereocenters. The number of aromatic nitrogens is 1. The number of rotatable bonds is 10. The van der Waals surface area contributed by atoms with Gasteiger partial charge >= 0.3 is 0 Å². The Morgan fingerprint density at radius 2 is 1.65 bits per heavy atom. The molecule has 0 fully saturated rings. The molecule has 4 aromatic rings. The lowest BCUT2D eigenvalue weighted by atomic mass is 10.0. The van der Waals surface area contributed by atoms with Gasteiger partial charge in [-0.2, -0.15) is 21.4 Å².